The number of carboxylic acid groups (broad SMARTS) is 1. The van der Waals surface area contributed by atoms with E-state index in [4.69, 9.17) is 5.11 Å². The van der Waals surface area contributed by atoms with Gasteiger partial charge in [0.05, 0.1) is 12.0 Å². The van der Waals surface area contributed by atoms with Gasteiger partial charge < -0.3 is 20.5 Å². The summed E-state index contributed by atoms with van der Waals surface area (Å²) in [6, 6.07) is 8.22. The van der Waals surface area contributed by atoms with Crippen molar-refractivity contribution in [2.45, 2.75) is 25.5 Å². The number of fused-ring (bicyclic) bond motifs is 1. The molecular formula is C15H18N2O3. The van der Waals surface area contributed by atoms with Crippen LogP contribution in [0.25, 0.3) is 10.9 Å². The summed E-state index contributed by atoms with van der Waals surface area (Å²) >= 11 is 0. The SMILES string of the molecule is Cc1ccc2cc(C3CC(O)C(C(=O)O)CN3)[nH]c2c1. The van der Waals surface area contributed by atoms with E-state index in [0.29, 0.717) is 6.42 Å². The van der Waals surface area contributed by atoms with Crippen molar-refractivity contribution in [3.8, 4) is 0 Å². The number of aromatic amines is 1. The number of aryl methyl sites for hydroxylation is 1. The highest BCUT2D eigenvalue weighted by molar-refractivity contribution is 5.81. The number of carboxylic acids is 1. The van der Waals surface area contributed by atoms with E-state index in [0.717, 1.165) is 16.6 Å². The van der Waals surface area contributed by atoms with E-state index in [9.17, 15) is 9.90 Å². The van der Waals surface area contributed by atoms with E-state index in [1.807, 2.05) is 6.92 Å². The van der Waals surface area contributed by atoms with Crippen LogP contribution in [-0.4, -0.2) is 33.8 Å². The summed E-state index contributed by atoms with van der Waals surface area (Å²) in [5.41, 5.74) is 3.25. The highest BCUT2D eigenvalue weighted by atomic mass is 16.4. The fourth-order valence-corrected chi connectivity index (χ4v) is 2.83. The molecular weight excluding hydrogens is 256 g/mol. The average molecular weight is 274 g/mol. The Morgan fingerprint density at radius 3 is 2.85 bits per heavy atom. The number of aliphatic hydroxyl groups is 1. The Balaban J connectivity index is 1.83. The van der Waals surface area contributed by atoms with Crippen LogP contribution in [0, 0.1) is 12.8 Å². The molecule has 4 N–H and O–H groups in total. The highest BCUT2D eigenvalue weighted by Crippen LogP contribution is 2.28. The number of H-pyrrole nitrogens is 1. The molecule has 0 spiro atoms. The first-order valence-corrected chi connectivity index (χ1v) is 6.78. The number of aliphatic hydroxyl groups excluding tert-OH is 1. The number of nitrogens with one attached hydrogen (secondary N) is 2. The molecule has 106 valence electrons. The quantitative estimate of drug-likeness (QED) is 0.669. The van der Waals surface area contributed by atoms with Gasteiger partial charge >= 0.3 is 5.97 Å². The number of carbonyl (C=O) groups is 1. The number of hydrogen-bond donors (Lipinski definition) is 4. The van der Waals surface area contributed by atoms with Crippen LogP contribution < -0.4 is 5.32 Å². The molecule has 1 saturated heterocycles. The molecule has 0 aliphatic carbocycles. The van der Waals surface area contributed by atoms with Crippen LogP contribution in [0.1, 0.15) is 23.7 Å². The lowest BCUT2D eigenvalue weighted by atomic mass is 9.90. The summed E-state index contributed by atoms with van der Waals surface area (Å²) < 4.78 is 0. The van der Waals surface area contributed by atoms with Crippen LogP contribution in [0.3, 0.4) is 0 Å². The smallest absolute Gasteiger partial charge is 0.310 e. The number of aromatic nitrogens is 1. The first kappa shape index (κ1) is 13.1. The van der Waals surface area contributed by atoms with Crippen molar-refractivity contribution in [1.82, 2.24) is 10.3 Å². The Morgan fingerprint density at radius 1 is 1.35 bits per heavy atom. The molecule has 1 aromatic heterocycles. The number of aliphatic carboxylic acids is 1. The maximum Gasteiger partial charge on any atom is 0.310 e. The van der Waals surface area contributed by atoms with Crippen LogP contribution in [-0.2, 0) is 4.79 Å². The third kappa shape index (κ3) is 2.30. The second kappa shape index (κ2) is 4.92. The third-order valence-electron chi connectivity index (χ3n) is 4.02. The van der Waals surface area contributed by atoms with E-state index in [2.05, 4.69) is 34.6 Å². The standard InChI is InChI=1S/C15H18N2O3/c1-8-2-3-9-5-13(17-11(9)4-8)12-6-14(18)10(7-16-12)15(19)20/h2-5,10,12,14,16-18H,6-7H2,1H3,(H,19,20). The summed E-state index contributed by atoms with van der Waals surface area (Å²) in [6.07, 6.45) is -0.408. The zero-order valence-electron chi connectivity index (χ0n) is 11.3. The Kier molecular flexibility index (Phi) is 3.23. The van der Waals surface area contributed by atoms with Crippen molar-refractivity contribution in [2.75, 3.05) is 6.54 Å². The van der Waals surface area contributed by atoms with Crippen LogP contribution in [0.5, 0.6) is 0 Å². The molecule has 5 nitrogen and oxygen atoms in total. The number of piperidine rings is 1. The molecule has 1 fully saturated rings. The molecule has 1 aromatic carbocycles. The Morgan fingerprint density at radius 2 is 2.15 bits per heavy atom. The summed E-state index contributed by atoms with van der Waals surface area (Å²) in [7, 11) is 0. The Hall–Kier alpha value is -1.85. The van der Waals surface area contributed by atoms with Crippen molar-refractivity contribution in [1.29, 1.82) is 0 Å². The van der Waals surface area contributed by atoms with Crippen molar-refractivity contribution >= 4 is 16.9 Å². The molecule has 5 heteroatoms. The molecule has 3 rings (SSSR count). The topological polar surface area (TPSA) is 85.3 Å². The molecule has 20 heavy (non-hydrogen) atoms. The van der Waals surface area contributed by atoms with E-state index >= 15 is 0 Å². The van der Waals surface area contributed by atoms with Gasteiger partial charge in [0.15, 0.2) is 0 Å². The van der Waals surface area contributed by atoms with Gasteiger partial charge in [-0.15, -0.1) is 0 Å². The first-order chi connectivity index (χ1) is 9.54. The summed E-state index contributed by atoms with van der Waals surface area (Å²) in [5.74, 6) is -1.67. The second-order valence-corrected chi connectivity index (χ2v) is 5.52. The zero-order valence-corrected chi connectivity index (χ0v) is 11.3. The van der Waals surface area contributed by atoms with Gasteiger partial charge in [-0.3, -0.25) is 4.79 Å². The average Bonchev–Trinajstić information content (AvgIpc) is 2.81. The minimum Gasteiger partial charge on any atom is -0.481 e. The molecule has 2 heterocycles. The maximum atomic E-state index is 11.0. The molecule has 1 aliphatic rings. The van der Waals surface area contributed by atoms with Crippen molar-refractivity contribution in [3.63, 3.8) is 0 Å². The monoisotopic (exact) mass is 274 g/mol. The Labute approximate surface area is 116 Å². The minimum absolute atomic E-state index is 0.0340. The molecule has 1 aliphatic heterocycles. The Bertz CT molecular complexity index is 650. The van der Waals surface area contributed by atoms with Crippen LogP contribution >= 0.6 is 0 Å². The van der Waals surface area contributed by atoms with Gasteiger partial charge in [0.2, 0.25) is 0 Å². The van der Waals surface area contributed by atoms with Crippen LogP contribution in [0.2, 0.25) is 0 Å². The molecule has 0 bridgehead atoms. The molecule has 0 radical (unpaired) electrons. The van der Waals surface area contributed by atoms with Gasteiger partial charge in [-0.05, 0) is 36.4 Å². The first-order valence-electron chi connectivity index (χ1n) is 6.78. The van der Waals surface area contributed by atoms with Gasteiger partial charge in [-0.25, -0.2) is 0 Å². The number of hydrogen-bond acceptors (Lipinski definition) is 3. The van der Waals surface area contributed by atoms with E-state index < -0.39 is 18.0 Å². The largest absolute Gasteiger partial charge is 0.481 e. The maximum absolute atomic E-state index is 11.0. The summed E-state index contributed by atoms with van der Waals surface area (Å²) in [4.78, 5) is 14.3. The second-order valence-electron chi connectivity index (χ2n) is 5.52. The van der Waals surface area contributed by atoms with Gasteiger partial charge in [-0.1, -0.05) is 12.1 Å². The van der Waals surface area contributed by atoms with E-state index in [-0.39, 0.29) is 12.6 Å². The number of benzene rings is 1. The molecule has 0 amide bonds. The lowest BCUT2D eigenvalue weighted by molar-refractivity contribution is -0.147. The van der Waals surface area contributed by atoms with Crippen molar-refractivity contribution in [2.24, 2.45) is 5.92 Å². The summed E-state index contributed by atoms with van der Waals surface area (Å²) in [6.45, 7) is 2.33. The third-order valence-corrected chi connectivity index (χ3v) is 4.02. The molecule has 2 aromatic rings. The van der Waals surface area contributed by atoms with Gasteiger partial charge in [0.25, 0.3) is 0 Å². The fourth-order valence-electron chi connectivity index (χ4n) is 2.83. The molecule has 3 atom stereocenters. The van der Waals surface area contributed by atoms with E-state index in [1.165, 1.54) is 5.56 Å². The minimum atomic E-state index is -0.948. The van der Waals surface area contributed by atoms with Crippen LogP contribution in [0.4, 0.5) is 0 Å². The van der Waals surface area contributed by atoms with Crippen molar-refractivity contribution in [3.05, 3.63) is 35.5 Å². The lowest BCUT2D eigenvalue weighted by Gasteiger charge is -2.31. The zero-order chi connectivity index (χ0) is 14.3. The van der Waals surface area contributed by atoms with E-state index in [1.54, 1.807) is 0 Å². The van der Waals surface area contributed by atoms with Gasteiger partial charge in [-0.2, -0.15) is 0 Å². The van der Waals surface area contributed by atoms with Gasteiger partial charge in [0, 0.05) is 23.8 Å². The van der Waals surface area contributed by atoms with Crippen molar-refractivity contribution < 1.29 is 15.0 Å². The molecule has 0 saturated carbocycles. The van der Waals surface area contributed by atoms with Crippen LogP contribution in [0.15, 0.2) is 24.3 Å². The fraction of sp³-hybridized carbons (Fsp3) is 0.400. The highest BCUT2D eigenvalue weighted by Gasteiger charge is 2.34. The summed E-state index contributed by atoms with van der Waals surface area (Å²) in [5, 5.41) is 23.3. The molecule has 3 unspecified atom stereocenters. The predicted octanol–water partition coefficient (Wildman–Crippen LogP) is 1.57. The predicted molar refractivity (Wildman–Crippen MR) is 75.5 cm³/mol. The van der Waals surface area contributed by atoms with Gasteiger partial charge in [0.1, 0.15) is 0 Å². The lowest BCUT2D eigenvalue weighted by Crippen LogP contribution is -2.45. The number of rotatable bonds is 2. The normalized spacial score (nSPS) is 26.8.